The zero-order valence-corrected chi connectivity index (χ0v) is 22.8. The number of carbonyl (C=O) groups excluding carboxylic acids is 1. The molecular weight excluding hydrogens is 491 g/mol. The minimum absolute atomic E-state index is 0.102. The molecule has 0 aliphatic rings. The van der Waals surface area contributed by atoms with Gasteiger partial charge in [-0.25, -0.2) is 0 Å². The molecule has 0 spiro atoms. The second-order valence-electron chi connectivity index (χ2n) is 9.21. The number of hydrogen-bond acceptors (Lipinski definition) is 4. The van der Waals surface area contributed by atoms with Crippen molar-refractivity contribution in [2.75, 3.05) is 12.8 Å². The highest BCUT2D eigenvalue weighted by Crippen LogP contribution is 2.56. The summed E-state index contributed by atoms with van der Waals surface area (Å²) < 4.78 is 11.3. The van der Waals surface area contributed by atoms with Gasteiger partial charge in [-0.2, -0.15) is 0 Å². The third-order valence-corrected chi connectivity index (χ3v) is 11.2. The summed E-state index contributed by atoms with van der Waals surface area (Å²) in [6.07, 6.45) is 0.885. The van der Waals surface area contributed by atoms with Crippen LogP contribution in [0, 0.1) is 0 Å². The molecule has 1 unspecified atom stereocenters. The van der Waals surface area contributed by atoms with Crippen molar-refractivity contribution in [2.45, 2.75) is 38.6 Å². The van der Waals surface area contributed by atoms with Crippen LogP contribution >= 0.6 is 7.26 Å². The number of ether oxygens (including phenoxy) is 2. The van der Waals surface area contributed by atoms with Crippen molar-refractivity contribution in [3.8, 4) is 0 Å². The Morgan fingerprint density at radius 1 is 0.737 bits per heavy atom. The minimum atomic E-state index is -1.98. The number of benzene rings is 4. The van der Waals surface area contributed by atoms with E-state index in [1.807, 2.05) is 30.3 Å². The summed E-state index contributed by atoms with van der Waals surface area (Å²) in [6.45, 7) is 2.11. The minimum Gasteiger partial charge on any atom is -0.466 e. The van der Waals surface area contributed by atoms with Gasteiger partial charge >= 0.3 is 5.97 Å². The molecule has 0 aliphatic heterocycles. The van der Waals surface area contributed by atoms with Gasteiger partial charge in [0, 0.05) is 5.56 Å². The second-order valence-corrected chi connectivity index (χ2v) is 12.8. The molecular formula is C33H36O4P+. The van der Waals surface area contributed by atoms with Crippen LogP contribution in [0.25, 0.3) is 0 Å². The van der Waals surface area contributed by atoms with Crippen molar-refractivity contribution in [2.24, 2.45) is 0 Å². The number of carbonyl (C=O) groups is 1. The van der Waals surface area contributed by atoms with Crippen LogP contribution < -0.4 is 15.9 Å². The lowest BCUT2D eigenvalue weighted by Crippen LogP contribution is -2.33. The highest BCUT2D eigenvalue weighted by molar-refractivity contribution is 7.95. The monoisotopic (exact) mass is 527 g/mol. The van der Waals surface area contributed by atoms with E-state index >= 15 is 0 Å². The van der Waals surface area contributed by atoms with E-state index in [1.54, 1.807) is 6.92 Å². The smallest absolute Gasteiger partial charge is 0.308 e. The lowest BCUT2D eigenvalue weighted by atomic mass is 10.1. The van der Waals surface area contributed by atoms with Crippen LogP contribution in [-0.2, 0) is 14.3 Å². The van der Waals surface area contributed by atoms with Crippen LogP contribution in [0.5, 0.6) is 0 Å². The van der Waals surface area contributed by atoms with E-state index in [1.165, 1.54) is 15.9 Å². The van der Waals surface area contributed by atoms with Gasteiger partial charge in [0.2, 0.25) is 0 Å². The molecule has 0 aliphatic carbocycles. The average Bonchev–Trinajstić information content (AvgIpc) is 2.97. The van der Waals surface area contributed by atoms with E-state index in [9.17, 15) is 9.90 Å². The Labute approximate surface area is 226 Å². The van der Waals surface area contributed by atoms with Crippen molar-refractivity contribution in [3.63, 3.8) is 0 Å². The Morgan fingerprint density at radius 2 is 1.18 bits per heavy atom. The summed E-state index contributed by atoms with van der Waals surface area (Å²) in [5.74, 6) is -0.312. The summed E-state index contributed by atoms with van der Waals surface area (Å²) >= 11 is 0. The van der Waals surface area contributed by atoms with Crippen LogP contribution in [0.4, 0.5) is 0 Å². The lowest BCUT2D eigenvalue weighted by molar-refractivity contribution is -0.162. The molecule has 2 atom stereocenters. The molecule has 4 aromatic carbocycles. The van der Waals surface area contributed by atoms with Gasteiger partial charge in [-0.05, 0) is 56.2 Å². The highest BCUT2D eigenvalue weighted by atomic mass is 31.2. The van der Waals surface area contributed by atoms with Crippen LogP contribution in [0.2, 0.25) is 0 Å². The Kier molecular flexibility index (Phi) is 10.2. The normalized spacial score (nSPS) is 13.0. The molecule has 0 radical (unpaired) electrons. The summed E-state index contributed by atoms with van der Waals surface area (Å²) in [4.78, 5) is 12.4. The number of aliphatic hydroxyl groups is 1. The maximum absolute atomic E-state index is 12.4. The quantitative estimate of drug-likeness (QED) is 0.136. The average molecular weight is 528 g/mol. The van der Waals surface area contributed by atoms with Crippen molar-refractivity contribution >= 4 is 29.1 Å². The molecule has 0 saturated heterocycles. The van der Waals surface area contributed by atoms with Gasteiger partial charge in [-0.1, -0.05) is 84.9 Å². The first-order chi connectivity index (χ1) is 18.6. The summed E-state index contributed by atoms with van der Waals surface area (Å²) in [6, 6.07) is 41.5. The Bertz CT molecular complexity index is 1140. The second kappa shape index (κ2) is 14.0. The predicted molar refractivity (Wildman–Crippen MR) is 157 cm³/mol. The van der Waals surface area contributed by atoms with E-state index in [0.717, 1.165) is 12.6 Å². The lowest BCUT2D eigenvalue weighted by Gasteiger charge is -2.28. The topological polar surface area (TPSA) is 55.8 Å². The third-order valence-electron chi connectivity index (χ3n) is 6.72. The molecule has 4 rings (SSSR count). The molecule has 4 aromatic rings. The first kappa shape index (κ1) is 27.7. The highest BCUT2D eigenvalue weighted by Gasteiger charge is 2.44. The van der Waals surface area contributed by atoms with Gasteiger partial charge in [-0.3, -0.25) is 4.79 Å². The van der Waals surface area contributed by atoms with Gasteiger partial charge in [0.15, 0.2) is 6.29 Å². The fraction of sp³-hybridized carbons (Fsp3) is 0.242. The van der Waals surface area contributed by atoms with Gasteiger partial charge in [0.25, 0.3) is 0 Å². The predicted octanol–water partition coefficient (Wildman–Crippen LogP) is 5.79. The van der Waals surface area contributed by atoms with Gasteiger partial charge in [-0.15, -0.1) is 0 Å². The standard InChI is InChI=1S/C33H36O4P/c1-2-36-32(34)26-28(37-33(35)27-16-7-3-8-17-27)18-15-25-38(29-19-9-4-10-20-29,30-21-11-5-12-22-30)31-23-13-6-14-24-31/h3-14,16-17,19-24,28,33,35H,2,15,18,25-26H2,1H3/q+1/t28-,33?/m1/s1. The molecule has 0 fully saturated rings. The number of aliphatic hydroxyl groups excluding tert-OH is 1. The Hall–Kier alpha value is -3.30. The maximum Gasteiger partial charge on any atom is 0.308 e. The largest absolute Gasteiger partial charge is 0.466 e. The number of hydrogen-bond donors (Lipinski definition) is 1. The molecule has 0 heterocycles. The van der Waals surface area contributed by atoms with Gasteiger partial charge < -0.3 is 14.6 Å². The van der Waals surface area contributed by atoms with E-state index < -0.39 is 19.7 Å². The van der Waals surface area contributed by atoms with E-state index in [0.29, 0.717) is 18.6 Å². The fourth-order valence-corrected chi connectivity index (χ4v) is 9.31. The van der Waals surface area contributed by atoms with Crippen molar-refractivity contribution in [3.05, 3.63) is 127 Å². The zero-order valence-electron chi connectivity index (χ0n) is 21.9. The Balaban J connectivity index is 1.62. The van der Waals surface area contributed by atoms with Crippen LogP contribution in [0.1, 0.15) is 38.0 Å². The first-order valence-electron chi connectivity index (χ1n) is 13.2. The summed E-state index contributed by atoms with van der Waals surface area (Å²) in [5, 5.41) is 14.7. The molecule has 0 saturated carbocycles. The molecule has 0 aromatic heterocycles. The van der Waals surface area contributed by atoms with E-state index in [2.05, 4.69) is 91.0 Å². The number of esters is 1. The fourth-order valence-electron chi connectivity index (χ4n) is 4.94. The molecule has 4 nitrogen and oxygen atoms in total. The Morgan fingerprint density at radius 3 is 1.63 bits per heavy atom. The summed E-state index contributed by atoms with van der Waals surface area (Å²) in [7, 11) is -1.98. The van der Waals surface area contributed by atoms with Crippen LogP contribution in [-0.4, -0.2) is 29.9 Å². The van der Waals surface area contributed by atoms with Crippen molar-refractivity contribution < 1.29 is 19.4 Å². The molecule has 0 amide bonds. The SMILES string of the molecule is CCOC(=O)C[C@@H](CCC[P+](c1ccccc1)(c1ccccc1)c1ccccc1)OC(O)c1ccccc1. The first-order valence-corrected chi connectivity index (χ1v) is 15.2. The molecule has 0 bridgehead atoms. The van der Waals surface area contributed by atoms with Crippen LogP contribution in [0.15, 0.2) is 121 Å². The number of rotatable bonds is 13. The van der Waals surface area contributed by atoms with E-state index in [4.69, 9.17) is 9.47 Å². The molecule has 5 heteroatoms. The van der Waals surface area contributed by atoms with Gasteiger partial charge in [0.1, 0.15) is 23.2 Å². The van der Waals surface area contributed by atoms with Crippen molar-refractivity contribution in [1.29, 1.82) is 0 Å². The van der Waals surface area contributed by atoms with Gasteiger partial charge in [0.05, 0.1) is 25.3 Å². The molecule has 196 valence electrons. The van der Waals surface area contributed by atoms with Crippen LogP contribution in [0.3, 0.4) is 0 Å². The van der Waals surface area contributed by atoms with E-state index in [-0.39, 0.29) is 12.4 Å². The molecule has 38 heavy (non-hydrogen) atoms. The maximum atomic E-state index is 12.4. The van der Waals surface area contributed by atoms with Crippen molar-refractivity contribution in [1.82, 2.24) is 0 Å². The third kappa shape index (κ3) is 6.96. The zero-order chi connectivity index (χ0) is 26.6. The summed E-state index contributed by atoms with van der Waals surface area (Å²) in [5.41, 5.74) is 0.668. The molecule has 1 N–H and O–H groups in total.